The first-order valence-electron chi connectivity index (χ1n) is 6.80. The molecular weight excluding hydrogens is 317 g/mol. The molecule has 0 saturated carbocycles. The van der Waals surface area contributed by atoms with Crippen molar-refractivity contribution in [3.05, 3.63) is 70.3 Å². The van der Waals surface area contributed by atoms with Crippen LogP contribution >= 0.6 is 11.5 Å². The summed E-state index contributed by atoms with van der Waals surface area (Å²) < 4.78 is 15.0. The molecule has 1 N–H and O–H groups in total. The molecule has 0 radical (unpaired) electrons. The smallest absolute Gasteiger partial charge is 0.269 e. The molecule has 0 bridgehead atoms. The van der Waals surface area contributed by atoms with E-state index in [1.807, 2.05) is 12.1 Å². The summed E-state index contributed by atoms with van der Waals surface area (Å²) in [6.07, 6.45) is 1.41. The van der Waals surface area contributed by atoms with Gasteiger partial charge in [0.25, 0.3) is 11.5 Å². The summed E-state index contributed by atoms with van der Waals surface area (Å²) in [5.41, 5.74) is 2.82. The zero-order valence-electron chi connectivity index (χ0n) is 11.9. The van der Waals surface area contributed by atoms with Gasteiger partial charge in [-0.05, 0) is 29.8 Å². The minimum atomic E-state index is -0.406. The van der Waals surface area contributed by atoms with E-state index in [-0.39, 0.29) is 17.9 Å². The number of rotatable bonds is 4. The third-order valence-corrected chi connectivity index (χ3v) is 4.18. The lowest BCUT2D eigenvalue weighted by Crippen LogP contribution is -2.26. The molecule has 2 aromatic carbocycles. The summed E-state index contributed by atoms with van der Waals surface area (Å²) in [5, 5.41) is 4.39. The summed E-state index contributed by atoms with van der Waals surface area (Å²) in [6, 6.07) is 12.9. The molecule has 0 aliphatic heterocycles. The first kappa shape index (κ1) is 15.1. The van der Waals surface area contributed by atoms with Crippen LogP contribution in [-0.4, -0.2) is 16.1 Å². The van der Waals surface area contributed by atoms with Crippen molar-refractivity contribution in [2.75, 3.05) is 0 Å². The van der Waals surface area contributed by atoms with E-state index in [9.17, 15) is 14.0 Å². The van der Waals surface area contributed by atoms with Gasteiger partial charge in [-0.25, -0.2) is 9.82 Å². The number of hydrogen-bond donors (Lipinski definition) is 1. The molecule has 3 rings (SSSR count). The van der Waals surface area contributed by atoms with E-state index < -0.39 is 5.91 Å². The molecule has 0 aliphatic rings. The minimum absolute atomic E-state index is 0.0983. The second kappa shape index (κ2) is 6.53. The first-order chi connectivity index (χ1) is 11.1. The van der Waals surface area contributed by atoms with Crippen molar-refractivity contribution in [1.29, 1.82) is 0 Å². The molecule has 1 heterocycles. The van der Waals surface area contributed by atoms with E-state index in [4.69, 9.17) is 0 Å². The van der Waals surface area contributed by atoms with Crippen LogP contribution in [0.5, 0.6) is 0 Å². The number of benzene rings is 2. The fourth-order valence-electron chi connectivity index (χ4n) is 2.01. The molecule has 3 aromatic rings. The molecular formula is C16H12FN3O2S. The third kappa shape index (κ3) is 3.51. The largest absolute Gasteiger partial charge is 0.271 e. The quantitative estimate of drug-likeness (QED) is 0.590. The lowest BCUT2D eigenvalue weighted by Gasteiger charge is -1.99. The number of carbonyl (C=O) groups excluding carboxylic acids is 1. The lowest BCUT2D eigenvalue weighted by molar-refractivity contribution is -0.121. The predicted molar refractivity (Wildman–Crippen MR) is 88.2 cm³/mol. The molecule has 116 valence electrons. The molecule has 0 atom stereocenters. The number of aromatic nitrogens is 1. The number of hydrogen-bond acceptors (Lipinski definition) is 4. The number of fused-ring (bicyclic) bond motifs is 1. The van der Waals surface area contributed by atoms with E-state index in [0.29, 0.717) is 10.9 Å². The fraction of sp³-hybridized carbons (Fsp3) is 0.0625. The Labute approximate surface area is 134 Å². The summed E-state index contributed by atoms with van der Waals surface area (Å²) in [6.45, 7) is -0.0983. The number of halogens is 1. The first-order valence-corrected chi connectivity index (χ1v) is 7.57. The Morgan fingerprint density at radius 1 is 1.22 bits per heavy atom. The molecule has 0 aliphatic carbocycles. The van der Waals surface area contributed by atoms with Crippen LogP contribution < -0.4 is 11.0 Å². The van der Waals surface area contributed by atoms with Crippen LogP contribution in [0.3, 0.4) is 0 Å². The maximum Gasteiger partial charge on any atom is 0.269 e. The highest BCUT2D eigenvalue weighted by Crippen LogP contribution is 2.15. The van der Waals surface area contributed by atoms with E-state index in [2.05, 4.69) is 10.5 Å². The van der Waals surface area contributed by atoms with E-state index in [1.54, 1.807) is 24.3 Å². The normalized spacial score (nSPS) is 11.2. The van der Waals surface area contributed by atoms with Crippen LogP contribution in [0.2, 0.25) is 0 Å². The molecule has 0 spiro atoms. The van der Waals surface area contributed by atoms with Gasteiger partial charge in [0.05, 0.1) is 16.3 Å². The van der Waals surface area contributed by atoms with Crippen molar-refractivity contribution in [3.8, 4) is 0 Å². The standard InChI is InChI=1S/C16H12FN3O2S/c17-12-7-5-11(6-8-12)9-18-19-15(21)10-20-16(22)13-3-1-2-4-14(13)23-20/h1-9H,10H2,(H,19,21)/b18-9+. The Kier molecular flexibility index (Phi) is 4.29. The van der Waals surface area contributed by atoms with Crippen LogP contribution in [0.15, 0.2) is 58.4 Å². The molecule has 0 saturated heterocycles. The van der Waals surface area contributed by atoms with Crippen LogP contribution in [0, 0.1) is 5.82 Å². The maximum absolute atomic E-state index is 12.8. The number of nitrogens with one attached hydrogen (secondary N) is 1. The Balaban J connectivity index is 1.65. The maximum atomic E-state index is 12.8. The highest BCUT2D eigenvalue weighted by Gasteiger charge is 2.09. The Morgan fingerprint density at radius 3 is 2.70 bits per heavy atom. The highest BCUT2D eigenvalue weighted by atomic mass is 32.1. The van der Waals surface area contributed by atoms with Crippen molar-refractivity contribution in [1.82, 2.24) is 9.38 Å². The molecule has 1 aromatic heterocycles. The lowest BCUT2D eigenvalue weighted by atomic mass is 10.2. The van der Waals surface area contributed by atoms with Gasteiger partial charge in [-0.15, -0.1) is 0 Å². The van der Waals surface area contributed by atoms with Gasteiger partial charge in [-0.3, -0.25) is 13.5 Å². The summed E-state index contributed by atoms with van der Waals surface area (Å²) in [5.74, 6) is -0.743. The fourth-order valence-corrected chi connectivity index (χ4v) is 3.01. The number of nitrogens with zero attached hydrogens (tertiary/aromatic N) is 2. The van der Waals surface area contributed by atoms with E-state index in [1.165, 1.54) is 33.8 Å². The molecule has 7 heteroatoms. The Morgan fingerprint density at radius 2 is 1.96 bits per heavy atom. The van der Waals surface area contributed by atoms with Gasteiger partial charge in [0, 0.05) is 0 Å². The monoisotopic (exact) mass is 329 g/mol. The molecule has 5 nitrogen and oxygen atoms in total. The van der Waals surface area contributed by atoms with Gasteiger partial charge < -0.3 is 0 Å². The van der Waals surface area contributed by atoms with Crippen LogP contribution in [0.4, 0.5) is 4.39 Å². The van der Waals surface area contributed by atoms with Gasteiger partial charge in [0.1, 0.15) is 12.4 Å². The van der Waals surface area contributed by atoms with Crippen molar-refractivity contribution >= 4 is 33.7 Å². The number of hydrazone groups is 1. The molecule has 0 unspecified atom stereocenters. The predicted octanol–water partition coefficient (Wildman–Crippen LogP) is 2.35. The topological polar surface area (TPSA) is 63.5 Å². The molecule has 0 fully saturated rings. The molecule has 1 amide bonds. The zero-order chi connectivity index (χ0) is 16.2. The summed E-state index contributed by atoms with van der Waals surface area (Å²) in [7, 11) is 0. The van der Waals surface area contributed by atoms with Crippen molar-refractivity contribution < 1.29 is 9.18 Å². The van der Waals surface area contributed by atoms with Gasteiger partial charge >= 0.3 is 0 Å². The van der Waals surface area contributed by atoms with Crippen molar-refractivity contribution in [2.45, 2.75) is 6.54 Å². The van der Waals surface area contributed by atoms with Gasteiger partial charge in [-0.1, -0.05) is 35.8 Å². The van der Waals surface area contributed by atoms with Crippen LogP contribution in [0.1, 0.15) is 5.56 Å². The van der Waals surface area contributed by atoms with E-state index in [0.717, 1.165) is 4.70 Å². The second-order valence-electron chi connectivity index (χ2n) is 4.77. The van der Waals surface area contributed by atoms with Crippen molar-refractivity contribution in [3.63, 3.8) is 0 Å². The van der Waals surface area contributed by atoms with Gasteiger partial charge in [0.15, 0.2) is 0 Å². The van der Waals surface area contributed by atoms with Crippen LogP contribution in [0.25, 0.3) is 10.1 Å². The van der Waals surface area contributed by atoms with Crippen molar-refractivity contribution in [2.24, 2.45) is 5.10 Å². The third-order valence-electron chi connectivity index (χ3n) is 3.11. The molecule has 23 heavy (non-hydrogen) atoms. The average molecular weight is 329 g/mol. The minimum Gasteiger partial charge on any atom is -0.271 e. The van der Waals surface area contributed by atoms with E-state index >= 15 is 0 Å². The zero-order valence-corrected chi connectivity index (χ0v) is 12.7. The Hall–Kier alpha value is -2.80. The number of amides is 1. The van der Waals surface area contributed by atoms with Gasteiger partial charge in [-0.2, -0.15) is 5.10 Å². The number of carbonyl (C=O) groups is 1. The second-order valence-corrected chi connectivity index (χ2v) is 5.84. The van der Waals surface area contributed by atoms with Crippen LogP contribution in [-0.2, 0) is 11.3 Å². The highest BCUT2D eigenvalue weighted by molar-refractivity contribution is 7.13. The Bertz CT molecular complexity index is 928. The SMILES string of the molecule is O=C(Cn1sc2ccccc2c1=O)N/N=C/c1ccc(F)cc1. The summed E-state index contributed by atoms with van der Waals surface area (Å²) >= 11 is 1.23. The van der Waals surface area contributed by atoms with Gasteiger partial charge in [0.2, 0.25) is 0 Å². The average Bonchev–Trinajstić information content (AvgIpc) is 2.86. The summed E-state index contributed by atoms with van der Waals surface area (Å²) in [4.78, 5) is 24.0.